The van der Waals surface area contributed by atoms with Crippen molar-refractivity contribution < 1.29 is 4.79 Å². The summed E-state index contributed by atoms with van der Waals surface area (Å²) in [7, 11) is 0. The minimum absolute atomic E-state index is 0.0133. The Morgan fingerprint density at radius 1 is 1.35 bits per heavy atom. The van der Waals surface area contributed by atoms with Gasteiger partial charge in [0.25, 0.3) is 0 Å². The summed E-state index contributed by atoms with van der Waals surface area (Å²) in [6.07, 6.45) is 6.77. The summed E-state index contributed by atoms with van der Waals surface area (Å²) in [4.78, 5) is 16.1. The van der Waals surface area contributed by atoms with E-state index < -0.39 is 0 Å². The molecule has 2 aromatic rings. The fourth-order valence-electron chi connectivity index (χ4n) is 1.78. The Balaban J connectivity index is 1.98. The number of aromatic nitrogens is 6. The number of nitrogens with one attached hydrogen (secondary N) is 1. The molecule has 0 unspecified atom stereocenters. The zero-order valence-corrected chi connectivity index (χ0v) is 11.9. The average Bonchev–Trinajstić information content (AvgIpc) is 2.99. The SMILES string of the molecule is CC(C)(C)[C@@H](Cn1ccnc1)NC(=O)Cn1cnnn1. The molecule has 0 aliphatic heterocycles. The molecule has 20 heavy (non-hydrogen) atoms. The van der Waals surface area contributed by atoms with Crippen molar-refractivity contribution >= 4 is 5.91 Å². The summed E-state index contributed by atoms with van der Waals surface area (Å²) in [5, 5.41) is 13.7. The number of nitrogens with zero attached hydrogens (tertiary/aromatic N) is 6. The van der Waals surface area contributed by atoms with E-state index in [1.165, 1.54) is 11.0 Å². The highest BCUT2D eigenvalue weighted by Gasteiger charge is 2.26. The maximum atomic E-state index is 12.0. The largest absolute Gasteiger partial charge is 0.349 e. The number of hydrogen-bond acceptors (Lipinski definition) is 5. The normalized spacial score (nSPS) is 13.2. The molecule has 0 saturated carbocycles. The summed E-state index contributed by atoms with van der Waals surface area (Å²) in [6, 6.07) is -0.0133. The molecule has 0 aromatic carbocycles. The first-order valence-corrected chi connectivity index (χ1v) is 6.41. The molecule has 108 valence electrons. The highest BCUT2D eigenvalue weighted by Crippen LogP contribution is 2.20. The lowest BCUT2D eigenvalue weighted by molar-refractivity contribution is -0.123. The standard InChI is InChI=1S/C12H19N7O/c1-12(2,3)10(6-18-5-4-13-8-18)15-11(20)7-19-9-14-16-17-19/h4-5,8-10H,6-7H2,1-3H3,(H,15,20)/t10-/m1/s1. The van der Waals surface area contributed by atoms with Crippen LogP contribution in [0.2, 0.25) is 0 Å². The number of rotatable bonds is 5. The zero-order valence-electron chi connectivity index (χ0n) is 11.9. The number of carbonyl (C=O) groups excluding carboxylic acids is 1. The number of carbonyl (C=O) groups is 1. The van der Waals surface area contributed by atoms with Gasteiger partial charge in [-0.1, -0.05) is 20.8 Å². The van der Waals surface area contributed by atoms with E-state index in [1.807, 2.05) is 10.8 Å². The van der Waals surface area contributed by atoms with E-state index >= 15 is 0 Å². The number of amides is 1. The second-order valence-electron chi connectivity index (χ2n) is 5.75. The highest BCUT2D eigenvalue weighted by molar-refractivity contribution is 5.76. The van der Waals surface area contributed by atoms with Crippen molar-refractivity contribution in [1.82, 2.24) is 35.1 Å². The van der Waals surface area contributed by atoms with Gasteiger partial charge in [0.15, 0.2) is 0 Å². The highest BCUT2D eigenvalue weighted by atomic mass is 16.2. The third kappa shape index (κ3) is 3.87. The summed E-state index contributed by atoms with van der Waals surface area (Å²) in [5.41, 5.74) is -0.0689. The van der Waals surface area contributed by atoms with Gasteiger partial charge in [-0.3, -0.25) is 4.79 Å². The summed E-state index contributed by atoms with van der Waals surface area (Å²) in [5.74, 6) is -0.114. The monoisotopic (exact) mass is 277 g/mol. The third-order valence-corrected chi connectivity index (χ3v) is 3.03. The maximum absolute atomic E-state index is 12.0. The number of tetrazole rings is 1. The summed E-state index contributed by atoms with van der Waals surface area (Å²) in [6.45, 7) is 7.05. The fraction of sp³-hybridized carbons (Fsp3) is 0.583. The van der Waals surface area contributed by atoms with E-state index in [-0.39, 0.29) is 23.9 Å². The Hall–Kier alpha value is -2.25. The minimum Gasteiger partial charge on any atom is -0.349 e. The molecule has 1 amide bonds. The van der Waals surface area contributed by atoms with Crippen molar-refractivity contribution in [2.45, 2.75) is 39.9 Å². The van der Waals surface area contributed by atoms with E-state index in [0.29, 0.717) is 6.54 Å². The molecule has 0 aliphatic rings. The molecule has 0 radical (unpaired) electrons. The molecule has 0 fully saturated rings. The molecular weight excluding hydrogens is 258 g/mol. The lowest BCUT2D eigenvalue weighted by atomic mass is 9.86. The Kier molecular flexibility index (Phi) is 4.11. The molecule has 2 rings (SSSR count). The second-order valence-corrected chi connectivity index (χ2v) is 5.75. The first-order valence-electron chi connectivity index (χ1n) is 6.41. The predicted octanol–water partition coefficient (Wildman–Crippen LogP) is 0.101. The van der Waals surface area contributed by atoms with Gasteiger partial charge in [0.05, 0.1) is 12.4 Å². The van der Waals surface area contributed by atoms with E-state index in [4.69, 9.17) is 0 Å². The lowest BCUT2D eigenvalue weighted by Gasteiger charge is -2.31. The van der Waals surface area contributed by atoms with Gasteiger partial charge in [-0.25, -0.2) is 9.67 Å². The summed E-state index contributed by atoms with van der Waals surface area (Å²) >= 11 is 0. The van der Waals surface area contributed by atoms with Crippen LogP contribution in [0.15, 0.2) is 25.0 Å². The zero-order chi connectivity index (χ0) is 14.6. The van der Waals surface area contributed by atoms with E-state index in [0.717, 1.165) is 0 Å². The maximum Gasteiger partial charge on any atom is 0.242 e. The molecule has 0 bridgehead atoms. The van der Waals surface area contributed by atoms with Crippen molar-refractivity contribution in [3.63, 3.8) is 0 Å². The first-order chi connectivity index (χ1) is 9.45. The van der Waals surface area contributed by atoms with Gasteiger partial charge < -0.3 is 9.88 Å². The molecule has 1 atom stereocenters. The molecule has 8 heteroatoms. The van der Waals surface area contributed by atoms with Gasteiger partial charge in [0.2, 0.25) is 5.91 Å². The summed E-state index contributed by atoms with van der Waals surface area (Å²) < 4.78 is 3.35. The van der Waals surface area contributed by atoms with Crippen LogP contribution in [-0.2, 0) is 17.9 Å². The smallest absolute Gasteiger partial charge is 0.242 e. The molecule has 1 N–H and O–H groups in total. The van der Waals surface area contributed by atoms with Crippen LogP contribution in [0.4, 0.5) is 0 Å². The molecule has 0 saturated heterocycles. The van der Waals surface area contributed by atoms with Gasteiger partial charge in [-0.2, -0.15) is 0 Å². The van der Waals surface area contributed by atoms with E-state index in [2.05, 4.69) is 46.6 Å². The Bertz CT molecular complexity index is 527. The lowest BCUT2D eigenvalue weighted by Crippen LogP contribution is -2.47. The molecular formula is C12H19N7O. The predicted molar refractivity (Wildman–Crippen MR) is 71.4 cm³/mol. The second kappa shape index (κ2) is 5.81. The van der Waals surface area contributed by atoms with E-state index in [1.54, 1.807) is 12.5 Å². The van der Waals surface area contributed by atoms with Gasteiger partial charge >= 0.3 is 0 Å². The van der Waals surface area contributed by atoms with Crippen LogP contribution in [0.25, 0.3) is 0 Å². The van der Waals surface area contributed by atoms with Crippen molar-refractivity contribution in [2.24, 2.45) is 5.41 Å². The van der Waals surface area contributed by atoms with Crippen molar-refractivity contribution in [1.29, 1.82) is 0 Å². The van der Waals surface area contributed by atoms with Gasteiger partial charge in [0, 0.05) is 18.9 Å². The van der Waals surface area contributed by atoms with E-state index in [9.17, 15) is 4.79 Å². The van der Waals surface area contributed by atoms with Gasteiger partial charge in [0.1, 0.15) is 12.9 Å². The van der Waals surface area contributed by atoms with Crippen molar-refractivity contribution in [2.75, 3.05) is 0 Å². The molecule has 0 aliphatic carbocycles. The first kappa shape index (κ1) is 14.2. The van der Waals surface area contributed by atoms with Crippen LogP contribution in [0.1, 0.15) is 20.8 Å². The van der Waals surface area contributed by atoms with Crippen LogP contribution in [0, 0.1) is 5.41 Å². The van der Waals surface area contributed by atoms with Crippen LogP contribution in [-0.4, -0.2) is 41.7 Å². The Labute approximate surface area is 117 Å². The Morgan fingerprint density at radius 2 is 2.15 bits per heavy atom. The van der Waals surface area contributed by atoms with Crippen molar-refractivity contribution in [3.05, 3.63) is 25.0 Å². The fourth-order valence-corrected chi connectivity index (χ4v) is 1.78. The molecule has 8 nitrogen and oxygen atoms in total. The van der Waals surface area contributed by atoms with Gasteiger partial charge in [-0.15, -0.1) is 5.10 Å². The molecule has 2 heterocycles. The topological polar surface area (TPSA) is 90.5 Å². The van der Waals surface area contributed by atoms with Crippen LogP contribution in [0.3, 0.4) is 0 Å². The van der Waals surface area contributed by atoms with Crippen LogP contribution >= 0.6 is 0 Å². The molecule has 0 spiro atoms. The Morgan fingerprint density at radius 3 is 2.70 bits per heavy atom. The van der Waals surface area contributed by atoms with Crippen LogP contribution < -0.4 is 5.32 Å². The van der Waals surface area contributed by atoms with Crippen molar-refractivity contribution in [3.8, 4) is 0 Å². The van der Waals surface area contributed by atoms with Crippen LogP contribution in [0.5, 0.6) is 0 Å². The quantitative estimate of drug-likeness (QED) is 0.837. The average molecular weight is 277 g/mol. The number of hydrogen-bond donors (Lipinski definition) is 1. The number of imidazole rings is 1. The van der Waals surface area contributed by atoms with Gasteiger partial charge in [-0.05, 0) is 15.8 Å². The third-order valence-electron chi connectivity index (χ3n) is 3.03. The molecule has 2 aromatic heterocycles. The minimum atomic E-state index is -0.114.